The maximum atomic E-state index is 9.54. The van der Waals surface area contributed by atoms with Crippen LogP contribution in [0.15, 0.2) is 160 Å². The summed E-state index contributed by atoms with van der Waals surface area (Å²) in [6.45, 7) is 0. The molecule has 0 aliphatic carbocycles. The lowest BCUT2D eigenvalue weighted by Crippen LogP contribution is -2.00. The van der Waals surface area contributed by atoms with E-state index >= 15 is 0 Å². The van der Waals surface area contributed by atoms with Gasteiger partial charge in [-0.2, -0.15) is 0 Å². The number of thiophene rings is 1. The standard InChI is InChI=1S/C45H25N3O2S/c1-2-9-26(10-3-1)43-46-44(28-18-21-38-35(24-28)31-11-4-6-15-37(31)49-38)48-45(47-43)29-17-20-32-34-14-8-13-30(42(34)50-39(32)25-29)27-19-22-41-36(23-27)33-12-5-7-16-40(33)51-41/h1-25H/i8D,13D,14D,17D,20D,25D. The Balaban J connectivity index is 1.16. The number of fused-ring (bicyclic) bond motifs is 9. The number of hydrogen-bond donors (Lipinski definition) is 0. The van der Waals surface area contributed by atoms with Crippen LogP contribution in [0, 0.1) is 0 Å². The average molecular weight is 678 g/mol. The van der Waals surface area contributed by atoms with Gasteiger partial charge in [-0.1, -0.05) is 97.0 Å². The zero-order valence-corrected chi connectivity index (χ0v) is 27.4. The van der Waals surface area contributed by atoms with Crippen LogP contribution in [-0.2, 0) is 0 Å². The van der Waals surface area contributed by atoms with E-state index < -0.39 is 0 Å². The molecule has 4 heterocycles. The SMILES string of the molecule is [2H]c1c([2H])c([2H])c2c(oc3c([2H])c(-c4nc(-c5ccccc5)nc(-c5ccc6oc7ccccc7c6c5)n4)c([2H])c([2H])c32)c1-c1ccc2sc3ccccc3c2c1. The third-order valence-corrected chi connectivity index (χ3v) is 10.4. The molecule has 4 aromatic heterocycles. The highest BCUT2D eigenvalue weighted by atomic mass is 32.1. The number of furan rings is 2. The van der Waals surface area contributed by atoms with Crippen LogP contribution < -0.4 is 0 Å². The van der Waals surface area contributed by atoms with E-state index in [1.165, 1.54) is 0 Å². The molecule has 7 aromatic carbocycles. The lowest BCUT2D eigenvalue weighted by Gasteiger charge is -2.08. The fourth-order valence-electron chi connectivity index (χ4n) is 6.81. The van der Waals surface area contributed by atoms with Crippen LogP contribution in [0.2, 0.25) is 0 Å². The molecular weight excluding hydrogens is 647 g/mol. The van der Waals surface area contributed by atoms with Gasteiger partial charge in [0, 0.05) is 64.0 Å². The molecule has 0 bridgehead atoms. The molecule has 0 aliphatic heterocycles. The van der Waals surface area contributed by atoms with Crippen LogP contribution in [0.4, 0.5) is 0 Å². The summed E-state index contributed by atoms with van der Waals surface area (Å²) in [6.07, 6.45) is 0. The lowest BCUT2D eigenvalue weighted by molar-refractivity contribution is 0.669. The second-order valence-electron chi connectivity index (χ2n) is 12.3. The lowest BCUT2D eigenvalue weighted by atomic mass is 10.00. The van der Waals surface area contributed by atoms with Gasteiger partial charge in [0.25, 0.3) is 0 Å². The molecule has 0 aliphatic rings. The molecule has 51 heavy (non-hydrogen) atoms. The molecule has 6 heteroatoms. The molecule has 0 amide bonds. The number of rotatable bonds is 4. The maximum absolute atomic E-state index is 9.54. The molecule has 0 N–H and O–H groups in total. The normalized spacial score (nSPS) is 13.6. The van der Waals surface area contributed by atoms with E-state index in [0.29, 0.717) is 33.9 Å². The summed E-state index contributed by atoms with van der Waals surface area (Å²) < 4.78 is 69.8. The Labute approximate surface area is 303 Å². The van der Waals surface area contributed by atoms with Crippen molar-refractivity contribution in [3.63, 3.8) is 0 Å². The number of hydrogen-bond acceptors (Lipinski definition) is 6. The molecule has 0 unspecified atom stereocenters. The van der Waals surface area contributed by atoms with E-state index in [1.54, 1.807) is 11.3 Å². The van der Waals surface area contributed by atoms with Crippen molar-refractivity contribution in [1.82, 2.24) is 15.0 Å². The molecule has 238 valence electrons. The van der Waals surface area contributed by atoms with Gasteiger partial charge >= 0.3 is 0 Å². The predicted octanol–water partition coefficient (Wildman–Crippen LogP) is 12.7. The van der Waals surface area contributed by atoms with E-state index in [-0.39, 0.29) is 75.1 Å². The Kier molecular flexibility index (Phi) is 4.91. The Morgan fingerprint density at radius 2 is 1.16 bits per heavy atom. The fourth-order valence-corrected chi connectivity index (χ4v) is 7.90. The van der Waals surface area contributed by atoms with Crippen molar-refractivity contribution < 1.29 is 17.1 Å². The van der Waals surface area contributed by atoms with E-state index in [2.05, 4.69) is 6.07 Å². The summed E-state index contributed by atoms with van der Waals surface area (Å²) in [7, 11) is 0. The molecule has 5 nitrogen and oxygen atoms in total. The second-order valence-corrected chi connectivity index (χ2v) is 13.4. The number of para-hydroxylation sites is 2. The smallest absolute Gasteiger partial charge is 0.164 e. The van der Waals surface area contributed by atoms with Crippen LogP contribution in [0.25, 0.3) is 109 Å². The Morgan fingerprint density at radius 1 is 0.451 bits per heavy atom. The largest absolute Gasteiger partial charge is 0.456 e. The van der Waals surface area contributed by atoms with Crippen molar-refractivity contribution in [2.75, 3.05) is 0 Å². The van der Waals surface area contributed by atoms with Gasteiger partial charge in [0.1, 0.15) is 22.3 Å². The molecule has 11 rings (SSSR count). The van der Waals surface area contributed by atoms with Crippen molar-refractivity contribution in [1.29, 1.82) is 0 Å². The zero-order chi connectivity index (χ0) is 38.7. The van der Waals surface area contributed by atoms with Crippen LogP contribution >= 0.6 is 11.3 Å². The van der Waals surface area contributed by atoms with E-state index in [0.717, 1.165) is 36.5 Å². The van der Waals surface area contributed by atoms with Gasteiger partial charge in [0.15, 0.2) is 17.5 Å². The van der Waals surface area contributed by atoms with Gasteiger partial charge in [-0.15, -0.1) is 11.3 Å². The van der Waals surface area contributed by atoms with Gasteiger partial charge in [0.2, 0.25) is 0 Å². The first-order chi connectivity index (χ1) is 27.7. The molecule has 0 saturated heterocycles. The van der Waals surface area contributed by atoms with Crippen molar-refractivity contribution in [3.8, 4) is 45.3 Å². The summed E-state index contributed by atoms with van der Waals surface area (Å²) in [4.78, 5) is 14.5. The van der Waals surface area contributed by atoms with E-state index in [4.69, 9.17) is 27.9 Å². The van der Waals surface area contributed by atoms with Gasteiger partial charge in [-0.3, -0.25) is 0 Å². The highest BCUT2D eigenvalue weighted by Gasteiger charge is 2.18. The quantitative estimate of drug-likeness (QED) is 0.185. The maximum Gasteiger partial charge on any atom is 0.164 e. The summed E-state index contributed by atoms with van der Waals surface area (Å²) in [6, 6.07) is 34.9. The first-order valence-electron chi connectivity index (χ1n) is 19.4. The monoisotopic (exact) mass is 677 g/mol. The zero-order valence-electron chi connectivity index (χ0n) is 32.5. The number of benzene rings is 7. The van der Waals surface area contributed by atoms with Crippen molar-refractivity contribution in [2.24, 2.45) is 0 Å². The molecule has 11 aromatic rings. The topological polar surface area (TPSA) is 65.0 Å². The third-order valence-electron chi connectivity index (χ3n) is 9.25. The summed E-state index contributed by atoms with van der Waals surface area (Å²) in [5.74, 6) is 0.615. The van der Waals surface area contributed by atoms with E-state index in [1.807, 2.05) is 109 Å². The van der Waals surface area contributed by atoms with Crippen LogP contribution in [0.3, 0.4) is 0 Å². The van der Waals surface area contributed by atoms with Gasteiger partial charge in [0.05, 0.1) is 8.22 Å². The fraction of sp³-hybridized carbons (Fsp3) is 0. The Morgan fingerprint density at radius 3 is 2.06 bits per heavy atom. The summed E-state index contributed by atoms with van der Waals surface area (Å²) in [5, 5.41) is 4.02. The van der Waals surface area contributed by atoms with Gasteiger partial charge in [-0.25, -0.2) is 15.0 Å². The Hall–Kier alpha value is -6.63. The van der Waals surface area contributed by atoms with Crippen molar-refractivity contribution in [3.05, 3.63) is 152 Å². The molecular formula is C45H25N3O2S. The second kappa shape index (κ2) is 10.9. The predicted molar refractivity (Wildman–Crippen MR) is 209 cm³/mol. The van der Waals surface area contributed by atoms with E-state index in [9.17, 15) is 4.11 Å². The van der Waals surface area contributed by atoms with Gasteiger partial charge in [-0.05, 0) is 60.1 Å². The highest BCUT2D eigenvalue weighted by Crippen LogP contribution is 2.41. The number of aromatic nitrogens is 3. The first-order valence-corrected chi connectivity index (χ1v) is 17.2. The van der Waals surface area contributed by atoms with Crippen LogP contribution in [0.1, 0.15) is 8.22 Å². The van der Waals surface area contributed by atoms with Crippen LogP contribution in [-0.4, -0.2) is 15.0 Å². The summed E-state index contributed by atoms with van der Waals surface area (Å²) >= 11 is 1.66. The average Bonchev–Trinajstić information content (AvgIpc) is 3.94. The minimum atomic E-state index is -0.339. The minimum Gasteiger partial charge on any atom is -0.456 e. The minimum absolute atomic E-state index is 0.00493. The molecule has 0 radical (unpaired) electrons. The molecule has 0 atom stereocenters. The molecule has 0 fully saturated rings. The molecule has 0 spiro atoms. The summed E-state index contributed by atoms with van der Waals surface area (Å²) in [5.41, 5.74) is 3.70. The highest BCUT2D eigenvalue weighted by molar-refractivity contribution is 7.25. The van der Waals surface area contributed by atoms with Crippen LogP contribution in [0.5, 0.6) is 0 Å². The first kappa shape index (κ1) is 22.9. The van der Waals surface area contributed by atoms with Gasteiger partial charge < -0.3 is 8.83 Å². The van der Waals surface area contributed by atoms with Crippen molar-refractivity contribution in [2.45, 2.75) is 0 Å². The number of nitrogens with zero attached hydrogens (tertiary/aromatic N) is 3. The molecule has 0 saturated carbocycles. The third kappa shape index (κ3) is 4.50. The Bertz CT molecular complexity index is 3510. The van der Waals surface area contributed by atoms with Crippen molar-refractivity contribution >= 4 is 75.4 Å².